The van der Waals surface area contributed by atoms with E-state index in [0.29, 0.717) is 0 Å². The normalized spacial score (nSPS) is 12.4. The molecule has 88 valence electrons. The molecule has 0 aromatic heterocycles. The summed E-state index contributed by atoms with van der Waals surface area (Å²) < 4.78 is 5.63. The second-order valence-electron chi connectivity index (χ2n) is 4.51. The van der Waals surface area contributed by atoms with Crippen LogP contribution in [0.4, 0.5) is 0 Å². The van der Waals surface area contributed by atoms with Gasteiger partial charge >= 0.3 is 0 Å². The zero-order chi connectivity index (χ0) is 12.1. The van der Waals surface area contributed by atoms with Crippen molar-refractivity contribution in [2.24, 2.45) is 5.73 Å². The van der Waals surface area contributed by atoms with Crippen LogP contribution in [0, 0.1) is 0 Å². The maximum absolute atomic E-state index is 6.06. The van der Waals surface area contributed by atoms with Crippen LogP contribution in [-0.4, -0.2) is 6.10 Å². The van der Waals surface area contributed by atoms with Gasteiger partial charge in [-0.1, -0.05) is 23.8 Å². The summed E-state index contributed by atoms with van der Waals surface area (Å²) in [5, 5.41) is 0. The van der Waals surface area contributed by atoms with Gasteiger partial charge in [0.1, 0.15) is 5.75 Å². The summed E-state index contributed by atoms with van der Waals surface area (Å²) in [5.74, 6) is 0.880. The molecule has 1 rings (SSSR count). The maximum atomic E-state index is 6.06. The summed E-state index contributed by atoms with van der Waals surface area (Å²) in [5.41, 5.74) is 8.37. The third-order valence-corrected chi connectivity index (χ3v) is 2.13. The smallest absolute Gasteiger partial charge is 0.120 e. The quantitative estimate of drug-likeness (QED) is 0.787. The topological polar surface area (TPSA) is 35.2 Å². The first-order chi connectivity index (χ1) is 7.49. The van der Waals surface area contributed by atoms with E-state index in [1.54, 1.807) is 0 Å². The molecule has 16 heavy (non-hydrogen) atoms. The fourth-order valence-electron chi connectivity index (χ4n) is 1.52. The lowest BCUT2D eigenvalue weighted by molar-refractivity contribution is 0.242. The monoisotopic (exact) mass is 219 g/mol. The molecule has 1 aromatic rings. The number of allylic oxidation sites excluding steroid dienone is 1. The Kier molecular flexibility index (Phi) is 4.56. The number of hydrogen-bond donors (Lipinski definition) is 1. The van der Waals surface area contributed by atoms with Gasteiger partial charge in [0.15, 0.2) is 0 Å². The molecule has 1 atom stereocenters. The van der Waals surface area contributed by atoms with Crippen molar-refractivity contribution in [3.8, 4) is 5.75 Å². The molecule has 0 radical (unpaired) electrons. The van der Waals surface area contributed by atoms with Gasteiger partial charge in [-0.05, 0) is 45.4 Å². The van der Waals surface area contributed by atoms with Crippen molar-refractivity contribution < 1.29 is 4.74 Å². The number of ether oxygens (including phenoxy) is 1. The summed E-state index contributed by atoms with van der Waals surface area (Å²) in [6, 6.07) is 7.91. The Balaban J connectivity index is 2.85. The average molecular weight is 219 g/mol. The lowest BCUT2D eigenvalue weighted by Crippen LogP contribution is -2.09. The summed E-state index contributed by atoms with van der Waals surface area (Å²) in [6.45, 7) is 8.13. The first kappa shape index (κ1) is 12.8. The molecule has 2 N–H and O–H groups in total. The molecule has 0 bridgehead atoms. The Labute approximate surface area is 98.1 Å². The Hall–Kier alpha value is -1.28. The summed E-state index contributed by atoms with van der Waals surface area (Å²) in [6.07, 6.45) is 2.24. The highest BCUT2D eigenvalue weighted by Gasteiger charge is 2.04. The van der Waals surface area contributed by atoms with Gasteiger partial charge in [0.05, 0.1) is 6.10 Å². The molecular formula is C14H21NO. The molecular weight excluding hydrogens is 198 g/mol. The summed E-state index contributed by atoms with van der Waals surface area (Å²) in [7, 11) is 0. The Morgan fingerprint density at radius 1 is 1.31 bits per heavy atom. The van der Waals surface area contributed by atoms with Gasteiger partial charge in [0.25, 0.3) is 0 Å². The molecule has 2 nitrogen and oxygen atoms in total. The van der Waals surface area contributed by atoms with E-state index in [4.69, 9.17) is 10.5 Å². The number of rotatable bonds is 4. The average Bonchev–Trinajstić information content (AvgIpc) is 2.16. The Morgan fingerprint density at radius 2 is 2.00 bits per heavy atom. The lowest BCUT2D eigenvalue weighted by Gasteiger charge is -2.13. The van der Waals surface area contributed by atoms with E-state index >= 15 is 0 Å². The zero-order valence-corrected chi connectivity index (χ0v) is 10.5. The van der Waals surface area contributed by atoms with Gasteiger partial charge in [-0.3, -0.25) is 0 Å². The Morgan fingerprint density at radius 3 is 2.56 bits per heavy atom. The number of nitrogens with two attached hydrogens (primary N) is 1. The van der Waals surface area contributed by atoms with Crippen molar-refractivity contribution in [1.29, 1.82) is 0 Å². The van der Waals surface area contributed by atoms with Crippen LogP contribution in [0.5, 0.6) is 5.75 Å². The van der Waals surface area contributed by atoms with Gasteiger partial charge in [-0.2, -0.15) is 0 Å². The minimum Gasteiger partial charge on any atom is -0.491 e. The van der Waals surface area contributed by atoms with Crippen molar-refractivity contribution in [2.45, 2.75) is 39.8 Å². The molecule has 0 heterocycles. The van der Waals surface area contributed by atoms with Gasteiger partial charge in [-0.15, -0.1) is 0 Å². The first-order valence-electron chi connectivity index (χ1n) is 5.66. The number of benzene rings is 1. The first-order valence-corrected chi connectivity index (χ1v) is 5.66. The highest BCUT2D eigenvalue weighted by Crippen LogP contribution is 2.20. The maximum Gasteiger partial charge on any atom is 0.120 e. The van der Waals surface area contributed by atoms with Crippen LogP contribution >= 0.6 is 0 Å². The van der Waals surface area contributed by atoms with Crippen LogP contribution in [0.3, 0.4) is 0 Å². The zero-order valence-electron chi connectivity index (χ0n) is 10.5. The second kappa shape index (κ2) is 5.71. The van der Waals surface area contributed by atoms with E-state index in [2.05, 4.69) is 6.08 Å². The van der Waals surface area contributed by atoms with Gasteiger partial charge in [0, 0.05) is 6.04 Å². The standard InChI is InChI=1S/C14H21NO/c1-10(2)8-14(15)12-6-5-7-13(9-12)16-11(3)4/h5-9,11,14H,15H2,1-4H3. The number of hydrogen-bond acceptors (Lipinski definition) is 2. The Bertz CT molecular complexity index is 365. The van der Waals surface area contributed by atoms with Crippen molar-refractivity contribution in [3.63, 3.8) is 0 Å². The third-order valence-electron chi connectivity index (χ3n) is 2.13. The van der Waals surface area contributed by atoms with E-state index in [9.17, 15) is 0 Å². The van der Waals surface area contributed by atoms with Crippen LogP contribution in [0.25, 0.3) is 0 Å². The molecule has 0 aliphatic carbocycles. The van der Waals surface area contributed by atoms with E-state index < -0.39 is 0 Å². The molecule has 0 saturated carbocycles. The predicted molar refractivity (Wildman–Crippen MR) is 68.6 cm³/mol. The molecule has 0 aliphatic rings. The van der Waals surface area contributed by atoms with Crippen LogP contribution in [0.15, 0.2) is 35.9 Å². The highest BCUT2D eigenvalue weighted by atomic mass is 16.5. The van der Waals surface area contributed by atoms with Crippen molar-refractivity contribution >= 4 is 0 Å². The van der Waals surface area contributed by atoms with Gasteiger partial charge in [-0.25, -0.2) is 0 Å². The second-order valence-corrected chi connectivity index (χ2v) is 4.51. The summed E-state index contributed by atoms with van der Waals surface area (Å²) in [4.78, 5) is 0. The molecule has 0 saturated heterocycles. The van der Waals surface area contributed by atoms with Crippen molar-refractivity contribution in [1.82, 2.24) is 0 Å². The fourth-order valence-corrected chi connectivity index (χ4v) is 1.52. The third kappa shape index (κ3) is 4.07. The SMILES string of the molecule is CC(C)=CC(N)c1cccc(OC(C)C)c1. The van der Waals surface area contributed by atoms with Crippen molar-refractivity contribution in [3.05, 3.63) is 41.5 Å². The van der Waals surface area contributed by atoms with Crippen molar-refractivity contribution in [2.75, 3.05) is 0 Å². The molecule has 0 spiro atoms. The van der Waals surface area contributed by atoms with E-state index in [0.717, 1.165) is 11.3 Å². The molecule has 0 amide bonds. The minimum absolute atomic E-state index is 0.0549. The van der Waals surface area contributed by atoms with Crippen LogP contribution < -0.4 is 10.5 Å². The predicted octanol–water partition coefficient (Wildman–Crippen LogP) is 3.44. The fraction of sp³-hybridized carbons (Fsp3) is 0.429. The molecule has 1 unspecified atom stereocenters. The summed E-state index contributed by atoms with van der Waals surface area (Å²) >= 11 is 0. The molecule has 2 heteroatoms. The van der Waals surface area contributed by atoms with Gasteiger partial charge in [0.2, 0.25) is 0 Å². The largest absolute Gasteiger partial charge is 0.491 e. The molecule has 0 fully saturated rings. The molecule has 1 aromatic carbocycles. The highest BCUT2D eigenvalue weighted by molar-refractivity contribution is 5.32. The van der Waals surface area contributed by atoms with Crippen LogP contribution in [-0.2, 0) is 0 Å². The lowest BCUT2D eigenvalue weighted by atomic mass is 10.1. The van der Waals surface area contributed by atoms with E-state index in [1.165, 1.54) is 5.57 Å². The van der Waals surface area contributed by atoms with E-state index in [-0.39, 0.29) is 12.1 Å². The molecule has 0 aliphatic heterocycles. The van der Waals surface area contributed by atoms with Crippen LogP contribution in [0.2, 0.25) is 0 Å². The van der Waals surface area contributed by atoms with Gasteiger partial charge < -0.3 is 10.5 Å². The van der Waals surface area contributed by atoms with E-state index in [1.807, 2.05) is 52.0 Å². The minimum atomic E-state index is -0.0549. The van der Waals surface area contributed by atoms with Crippen LogP contribution in [0.1, 0.15) is 39.3 Å².